The lowest BCUT2D eigenvalue weighted by Gasteiger charge is -2.15. The van der Waals surface area contributed by atoms with E-state index in [-0.39, 0.29) is 17.3 Å². The number of thioether (sulfide) groups is 1. The lowest BCUT2D eigenvalue weighted by molar-refractivity contribution is -0.385. The van der Waals surface area contributed by atoms with Crippen molar-refractivity contribution in [2.75, 3.05) is 11.1 Å². The van der Waals surface area contributed by atoms with Gasteiger partial charge in [-0.2, -0.15) is 0 Å². The summed E-state index contributed by atoms with van der Waals surface area (Å²) in [6.07, 6.45) is 0. The summed E-state index contributed by atoms with van der Waals surface area (Å²) in [5.41, 5.74) is 1.23. The van der Waals surface area contributed by atoms with Crippen LogP contribution in [0.25, 0.3) is 0 Å². The molecule has 0 unspecified atom stereocenters. The van der Waals surface area contributed by atoms with Crippen molar-refractivity contribution in [2.24, 2.45) is 0 Å². The van der Waals surface area contributed by atoms with Gasteiger partial charge in [-0.25, -0.2) is 0 Å². The minimum absolute atomic E-state index is 0.0170. The molecule has 2 aromatic carbocycles. The van der Waals surface area contributed by atoms with Crippen LogP contribution in [-0.4, -0.2) is 42.4 Å². The van der Waals surface area contributed by atoms with Gasteiger partial charge in [-0.05, 0) is 45.0 Å². The van der Waals surface area contributed by atoms with Gasteiger partial charge in [0.15, 0.2) is 16.7 Å². The molecule has 0 saturated heterocycles. The van der Waals surface area contributed by atoms with E-state index in [9.17, 15) is 24.8 Å². The molecule has 0 radical (unpaired) electrons. The number of hydrogen-bond donors (Lipinski definition) is 3. The highest BCUT2D eigenvalue weighted by atomic mass is 32.2. The highest BCUT2D eigenvalue weighted by Gasteiger charge is 2.21. The van der Waals surface area contributed by atoms with Crippen LogP contribution in [0.1, 0.15) is 41.6 Å². The van der Waals surface area contributed by atoms with Crippen molar-refractivity contribution < 1.29 is 19.6 Å². The SMILES string of the molecule is CCn1c(SCC(=O)Nc2ccc(O)c([N+](=O)[O-])c2)nnc1[C@@H](C)NC(=O)c1cccc(C)c1. The van der Waals surface area contributed by atoms with Gasteiger partial charge in [0.05, 0.1) is 16.7 Å². The minimum atomic E-state index is -0.732. The number of nitro groups is 1. The highest BCUT2D eigenvalue weighted by Crippen LogP contribution is 2.29. The number of hydrogen-bond acceptors (Lipinski definition) is 8. The van der Waals surface area contributed by atoms with Crippen molar-refractivity contribution in [3.63, 3.8) is 0 Å². The molecule has 0 aliphatic rings. The Morgan fingerprint density at radius 3 is 2.68 bits per heavy atom. The van der Waals surface area contributed by atoms with Gasteiger partial charge in [0.2, 0.25) is 5.91 Å². The third-order valence-corrected chi connectivity index (χ3v) is 5.83. The third-order valence-electron chi connectivity index (χ3n) is 4.87. The molecule has 34 heavy (non-hydrogen) atoms. The molecule has 1 aromatic heterocycles. The number of anilines is 1. The van der Waals surface area contributed by atoms with Crippen molar-refractivity contribution in [3.8, 4) is 5.75 Å². The van der Waals surface area contributed by atoms with Gasteiger partial charge in [-0.1, -0.05) is 29.5 Å². The fraction of sp³-hybridized carbons (Fsp3) is 0.273. The van der Waals surface area contributed by atoms with Crippen molar-refractivity contribution in [2.45, 2.75) is 38.5 Å². The van der Waals surface area contributed by atoms with E-state index >= 15 is 0 Å². The zero-order chi connectivity index (χ0) is 24.8. The quantitative estimate of drug-likeness (QED) is 0.181. The fourth-order valence-corrected chi connectivity index (χ4v) is 4.04. The lowest BCUT2D eigenvalue weighted by Crippen LogP contribution is -2.28. The maximum atomic E-state index is 12.6. The maximum Gasteiger partial charge on any atom is 0.312 e. The van der Waals surface area contributed by atoms with Crippen LogP contribution >= 0.6 is 11.8 Å². The van der Waals surface area contributed by atoms with Gasteiger partial charge in [0, 0.05) is 23.9 Å². The molecule has 0 spiro atoms. The molecule has 0 bridgehead atoms. The van der Waals surface area contributed by atoms with E-state index in [1.165, 1.54) is 6.07 Å². The number of phenolic OH excluding ortho intramolecular Hbond substituents is 1. The van der Waals surface area contributed by atoms with Crippen LogP contribution in [0.2, 0.25) is 0 Å². The van der Waals surface area contributed by atoms with Crippen molar-refractivity contribution in [1.82, 2.24) is 20.1 Å². The molecule has 0 fully saturated rings. The number of aromatic nitrogens is 3. The van der Waals surface area contributed by atoms with E-state index in [1.54, 1.807) is 12.1 Å². The monoisotopic (exact) mass is 484 g/mol. The predicted molar refractivity (Wildman–Crippen MR) is 127 cm³/mol. The van der Waals surface area contributed by atoms with Crippen molar-refractivity contribution in [1.29, 1.82) is 0 Å². The zero-order valence-corrected chi connectivity index (χ0v) is 19.6. The summed E-state index contributed by atoms with van der Waals surface area (Å²) in [7, 11) is 0. The second-order valence-corrected chi connectivity index (χ2v) is 8.39. The van der Waals surface area contributed by atoms with Crippen LogP contribution in [0, 0.1) is 17.0 Å². The lowest BCUT2D eigenvalue weighted by atomic mass is 10.1. The van der Waals surface area contributed by atoms with Crippen LogP contribution in [-0.2, 0) is 11.3 Å². The van der Waals surface area contributed by atoms with Crippen molar-refractivity contribution >= 4 is 35.0 Å². The highest BCUT2D eigenvalue weighted by molar-refractivity contribution is 7.99. The standard InChI is InChI=1S/C22H24N6O5S/c1-4-27-20(14(3)23-21(31)15-7-5-6-13(2)10-15)25-26-22(27)34-12-19(30)24-16-8-9-18(29)17(11-16)28(32)33/h5-11,14,29H,4,12H2,1-3H3,(H,23,31)(H,24,30)/t14-/m1/s1. The number of carbonyl (C=O) groups is 2. The molecule has 1 heterocycles. The Morgan fingerprint density at radius 1 is 1.24 bits per heavy atom. The van der Waals surface area contributed by atoms with Crippen molar-refractivity contribution in [3.05, 3.63) is 69.5 Å². The number of benzene rings is 2. The summed E-state index contributed by atoms with van der Waals surface area (Å²) in [6.45, 7) is 6.15. The van der Waals surface area contributed by atoms with E-state index in [0.29, 0.717) is 23.1 Å². The molecule has 3 rings (SSSR count). The molecule has 3 N–H and O–H groups in total. The number of rotatable bonds is 9. The Bertz CT molecular complexity index is 1230. The second-order valence-electron chi connectivity index (χ2n) is 7.45. The molecule has 0 aliphatic carbocycles. The van der Waals surface area contributed by atoms with Crippen LogP contribution < -0.4 is 10.6 Å². The van der Waals surface area contributed by atoms with Gasteiger partial charge < -0.3 is 20.3 Å². The van der Waals surface area contributed by atoms with E-state index in [2.05, 4.69) is 20.8 Å². The molecule has 178 valence electrons. The molecule has 3 aromatic rings. The number of nitro benzene ring substituents is 1. The first kappa shape index (κ1) is 24.7. The normalized spacial score (nSPS) is 11.6. The van der Waals surface area contributed by atoms with Gasteiger partial charge in [-0.3, -0.25) is 19.7 Å². The average Bonchev–Trinajstić information content (AvgIpc) is 3.22. The second kappa shape index (κ2) is 10.8. The summed E-state index contributed by atoms with van der Waals surface area (Å²) < 4.78 is 1.81. The number of carbonyl (C=O) groups excluding carboxylic acids is 2. The Balaban J connectivity index is 1.63. The zero-order valence-electron chi connectivity index (χ0n) is 18.8. The Hall–Kier alpha value is -3.93. The minimum Gasteiger partial charge on any atom is -0.502 e. The predicted octanol–water partition coefficient (Wildman–Crippen LogP) is 3.44. The first-order valence-electron chi connectivity index (χ1n) is 10.4. The molecule has 12 heteroatoms. The van der Waals surface area contributed by atoms with Gasteiger partial charge in [-0.15, -0.1) is 10.2 Å². The molecule has 1 atom stereocenters. The number of amides is 2. The fourth-order valence-electron chi connectivity index (χ4n) is 3.23. The third kappa shape index (κ3) is 5.90. The summed E-state index contributed by atoms with van der Waals surface area (Å²) in [5, 5.41) is 34.8. The van der Waals surface area contributed by atoms with Crippen LogP contribution in [0.15, 0.2) is 47.6 Å². The van der Waals surface area contributed by atoms with Crippen LogP contribution in [0.4, 0.5) is 11.4 Å². The smallest absolute Gasteiger partial charge is 0.312 e. The summed E-state index contributed by atoms with van der Waals surface area (Å²) >= 11 is 1.15. The van der Waals surface area contributed by atoms with E-state index in [1.807, 2.05) is 37.5 Å². The maximum absolute atomic E-state index is 12.6. The summed E-state index contributed by atoms with van der Waals surface area (Å²) in [6, 6.07) is 10.5. The first-order chi connectivity index (χ1) is 16.2. The summed E-state index contributed by atoms with van der Waals surface area (Å²) in [4.78, 5) is 35.1. The van der Waals surface area contributed by atoms with E-state index in [4.69, 9.17) is 0 Å². The number of nitrogens with one attached hydrogen (secondary N) is 2. The molecule has 2 amide bonds. The number of nitrogens with zero attached hydrogens (tertiary/aromatic N) is 4. The largest absolute Gasteiger partial charge is 0.502 e. The molecular weight excluding hydrogens is 460 g/mol. The van der Waals surface area contributed by atoms with E-state index in [0.717, 1.165) is 29.5 Å². The molecular formula is C22H24N6O5S. The average molecular weight is 485 g/mol. The van der Waals surface area contributed by atoms with Gasteiger partial charge >= 0.3 is 5.69 Å². The van der Waals surface area contributed by atoms with Crippen LogP contribution in [0.5, 0.6) is 5.75 Å². The Morgan fingerprint density at radius 2 is 2.00 bits per heavy atom. The molecule has 0 aliphatic heterocycles. The number of aryl methyl sites for hydroxylation is 1. The van der Waals surface area contributed by atoms with E-state index < -0.39 is 28.3 Å². The number of aromatic hydroxyl groups is 1. The molecule has 0 saturated carbocycles. The topological polar surface area (TPSA) is 152 Å². The Labute approximate surface area is 199 Å². The van der Waals surface area contributed by atoms with Crippen LogP contribution in [0.3, 0.4) is 0 Å². The first-order valence-corrected chi connectivity index (χ1v) is 11.4. The Kier molecular flexibility index (Phi) is 7.84. The van der Waals surface area contributed by atoms with Gasteiger partial charge in [0.1, 0.15) is 0 Å². The molecule has 11 nitrogen and oxygen atoms in total. The van der Waals surface area contributed by atoms with Gasteiger partial charge in [0.25, 0.3) is 5.91 Å². The number of phenols is 1. The summed E-state index contributed by atoms with van der Waals surface area (Å²) in [5.74, 6) is -0.571.